The Bertz CT molecular complexity index is 389. The minimum absolute atomic E-state index is 0.231. The molecule has 1 aromatic carbocycles. The monoisotopic (exact) mass is 246 g/mol. The van der Waals surface area contributed by atoms with Gasteiger partial charge in [0.1, 0.15) is 0 Å². The van der Waals surface area contributed by atoms with Crippen LogP contribution in [0.15, 0.2) is 24.3 Å². The molecular weight excluding hydrogens is 220 g/mol. The van der Waals surface area contributed by atoms with Crippen molar-refractivity contribution in [1.29, 1.82) is 0 Å². The molecule has 1 aliphatic heterocycles. The van der Waals surface area contributed by atoms with E-state index in [-0.39, 0.29) is 5.41 Å². The fourth-order valence-electron chi connectivity index (χ4n) is 2.84. The van der Waals surface area contributed by atoms with Gasteiger partial charge in [0.25, 0.3) is 0 Å². The van der Waals surface area contributed by atoms with Crippen LogP contribution in [0.1, 0.15) is 39.7 Å². The van der Waals surface area contributed by atoms with E-state index in [2.05, 4.69) is 56.9 Å². The standard InChI is InChI=1S/C16H26N2/c1-12-13(11-17)9-10-18(12)15-7-5-14(6-8-15)16(2,3)4/h5-8,12-13H,9-11,17H2,1-4H3. The van der Waals surface area contributed by atoms with Gasteiger partial charge in [-0.15, -0.1) is 0 Å². The Morgan fingerprint density at radius 1 is 1.22 bits per heavy atom. The summed E-state index contributed by atoms with van der Waals surface area (Å²) in [6.45, 7) is 11.0. The molecule has 100 valence electrons. The van der Waals surface area contributed by atoms with Gasteiger partial charge in [0.2, 0.25) is 0 Å². The van der Waals surface area contributed by atoms with Crippen LogP contribution < -0.4 is 10.6 Å². The van der Waals surface area contributed by atoms with Crippen molar-refractivity contribution in [3.05, 3.63) is 29.8 Å². The molecule has 0 aromatic heterocycles. The molecule has 2 nitrogen and oxygen atoms in total. The first-order valence-corrected chi connectivity index (χ1v) is 7.00. The highest BCUT2D eigenvalue weighted by Crippen LogP contribution is 2.31. The Labute approximate surface area is 111 Å². The van der Waals surface area contributed by atoms with Crippen LogP contribution in [0.2, 0.25) is 0 Å². The smallest absolute Gasteiger partial charge is 0.0368 e. The normalized spacial score (nSPS) is 24.6. The summed E-state index contributed by atoms with van der Waals surface area (Å²) in [6, 6.07) is 9.61. The largest absolute Gasteiger partial charge is 0.368 e. The zero-order valence-electron chi connectivity index (χ0n) is 12.1. The summed E-state index contributed by atoms with van der Waals surface area (Å²) in [5.74, 6) is 0.646. The van der Waals surface area contributed by atoms with Gasteiger partial charge in [-0.25, -0.2) is 0 Å². The SMILES string of the molecule is CC1C(CN)CCN1c1ccc(C(C)(C)C)cc1. The zero-order valence-corrected chi connectivity index (χ0v) is 12.1. The molecule has 0 radical (unpaired) electrons. The predicted octanol–water partition coefficient (Wildman–Crippen LogP) is 3.16. The van der Waals surface area contributed by atoms with E-state index in [4.69, 9.17) is 5.73 Å². The maximum Gasteiger partial charge on any atom is 0.0368 e. The molecule has 2 atom stereocenters. The summed E-state index contributed by atoms with van der Waals surface area (Å²) in [4.78, 5) is 2.49. The highest BCUT2D eigenvalue weighted by molar-refractivity contribution is 5.50. The quantitative estimate of drug-likeness (QED) is 0.868. The Hall–Kier alpha value is -1.02. The third kappa shape index (κ3) is 2.54. The van der Waals surface area contributed by atoms with Crippen LogP contribution in [-0.4, -0.2) is 19.1 Å². The van der Waals surface area contributed by atoms with E-state index >= 15 is 0 Å². The fourth-order valence-corrected chi connectivity index (χ4v) is 2.84. The second-order valence-electron chi connectivity index (χ2n) is 6.52. The average molecular weight is 246 g/mol. The van der Waals surface area contributed by atoms with Gasteiger partial charge >= 0.3 is 0 Å². The second-order valence-corrected chi connectivity index (χ2v) is 6.52. The molecule has 1 aromatic rings. The van der Waals surface area contributed by atoms with Crippen molar-refractivity contribution in [2.75, 3.05) is 18.0 Å². The summed E-state index contributed by atoms with van der Waals surface area (Å²) < 4.78 is 0. The Morgan fingerprint density at radius 2 is 1.83 bits per heavy atom. The molecule has 1 saturated heterocycles. The summed E-state index contributed by atoms with van der Waals surface area (Å²) in [7, 11) is 0. The van der Waals surface area contributed by atoms with Crippen LogP contribution in [-0.2, 0) is 5.41 Å². The van der Waals surface area contributed by atoms with E-state index in [1.807, 2.05) is 0 Å². The number of nitrogens with zero attached hydrogens (tertiary/aromatic N) is 1. The van der Waals surface area contributed by atoms with Gasteiger partial charge in [-0.1, -0.05) is 32.9 Å². The van der Waals surface area contributed by atoms with Crippen molar-refractivity contribution in [1.82, 2.24) is 0 Å². The van der Waals surface area contributed by atoms with Gasteiger partial charge < -0.3 is 10.6 Å². The molecule has 0 aliphatic carbocycles. The average Bonchev–Trinajstić information content (AvgIpc) is 2.69. The molecule has 2 N–H and O–H groups in total. The van der Waals surface area contributed by atoms with E-state index in [0.717, 1.165) is 13.1 Å². The van der Waals surface area contributed by atoms with E-state index in [1.165, 1.54) is 17.7 Å². The third-order valence-corrected chi connectivity index (χ3v) is 4.28. The number of hydrogen-bond acceptors (Lipinski definition) is 2. The van der Waals surface area contributed by atoms with Crippen molar-refractivity contribution < 1.29 is 0 Å². The number of benzene rings is 1. The van der Waals surface area contributed by atoms with Gasteiger partial charge in [0, 0.05) is 18.3 Å². The molecule has 0 bridgehead atoms. The lowest BCUT2D eigenvalue weighted by atomic mass is 9.87. The lowest BCUT2D eigenvalue weighted by Gasteiger charge is -2.27. The lowest BCUT2D eigenvalue weighted by Crippen LogP contribution is -2.32. The zero-order chi connectivity index (χ0) is 13.3. The van der Waals surface area contributed by atoms with Crippen molar-refractivity contribution >= 4 is 5.69 Å². The van der Waals surface area contributed by atoms with Gasteiger partial charge in [-0.2, -0.15) is 0 Å². The van der Waals surface area contributed by atoms with Crippen LogP contribution in [0.3, 0.4) is 0 Å². The van der Waals surface area contributed by atoms with E-state index in [1.54, 1.807) is 0 Å². The van der Waals surface area contributed by atoms with Gasteiger partial charge in [-0.3, -0.25) is 0 Å². The molecule has 2 rings (SSSR count). The van der Waals surface area contributed by atoms with Gasteiger partial charge in [0.05, 0.1) is 0 Å². The molecule has 1 fully saturated rings. The number of nitrogens with two attached hydrogens (primary N) is 1. The topological polar surface area (TPSA) is 29.3 Å². The van der Waals surface area contributed by atoms with E-state index in [9.17, 15) is 0 Å². The number of anilines is 1. The highest BCUT2D eigenvalue weighted by atomic mass is 15.2. The van der Waals surface area contributed by atoms with Crippen molar-refractivity contribution in [2.24, 2.45) is 11.7 Å². The van der Waals surface area contributed by atoms with Crippen LogP contribution in [0.4, 0.5) is 5.69 Å². The fraction of sp³-hybridized carbons (Fsp3) is 0.625. The Balaban J connectivity index is 2.16. The molecule has 2 unspecified atom stereocenters. The lowest BCUT2D eigenvalue weighted by molar-refractivity contribution is 0.508. The summed E-state index contributed by atoms with van der Waals surface area (Å²) in [5, 5.41) is 0. The number of hydrogen-bond donors (Lipinski definition) is 1. The summed E-state index contributed by atoms with van der Waals surface area (Å²) in [6.07, 6.45) is 1.22. The minimum Gasteiger partial charge on any atom is -0.368 e. The highest BCUT2D eigenvalue weighted by Gasteiger charge is 2.29. The van der Waals surface area contributed by atoms with Crippen LogP contribution in [0.25, 0.3) is 0 Å². The Kier molecular flexibility index (Phi) is 3.67. The van der Waals surface area contributed by atoms with E-state index < -0.39 is 0 Å². The predicted molar refractivity (Wildman–Crippen MR) is 79.1 cm³/mol. The second kappa shape index (κ2) is 4.93. The maximum atomic E-state index is 5.82. The van der Waals surface area contributed by atoms with Crippen LogP contribution in [0, 0.1) is 5.92 Å². The van der Waals surface area contributed by atoms with Crippen molar-refractivity contribution in [3.63, 3.8) is 0 Å². The third-order valence-electron chi connectivity index (χ3n) is 4.28. The van der Waals surface area contributed by atoms with Crippen LogP contribution >= 0.6 is 0 Å². The molecule has 0 amide bonds. The maximum absolute atomic E-state index is 5.82. The van der Waals surface area contributed by atoms with E-state index in [0.29, 0.717) is 12.0 Å². The summed E-state index contributed by atoms with van der Waals surface area (Å²) >= 11 is 0. The number of rotatable bonds is 2. The minimum atomic E-state index is 0.231. The van der Waals surface area contributed by atoms with Gasteiger partial charge in [-0.05, 0) is 48.9 Å². The molecule has 0 saturated carbocycles. The molecule has 0 spiro atoms. The first-order valence-electron chi connectivity index (χ1n) is 7.00. The van der Waals surface area contributed by atoms with Gasteiger partial charge in [0.15, 0.2) is 0 Å². The molecule has 1 heterocycles. The molecule has 18 heavy (non-hydrogen) atoms. The summed E-state index contributed by atoms with van der Waals surface area (Å²) in [5.41, 5.74) is 8.79. The first-order chi connectivity index (χ1) is 8.43. The van der Waals surface area contributed by atoms with Crippen LogP contribution in [0.5, 0.6) is 0 Å². The van der Waals surface area contributed by atoms with Crippen molar-refractivity contribution in [2.45, 2.75) is 45.6 Å². The molecular formula is C16H26N2. The molecule has 1 aliphatic rings. The van der Waals surface area contributed by atoms with Crippen molar-refractivity contribution in [3.8, 4) is 0 Å². The first kappa shape index (κ1) is 13.4. The Morgan fingerprint density at radius 3 is 2.28 bits per heavy atom. The molecule has 2 heteroatoms.